The Hall–Kier alpha value is -2.21. The molecule has 0 spiro atoms. The highest BCUT2D eigenvalue weighted by Crippen LogP contribution is 2.20. The third kappa shape index (κ3) is 5.49. The minimum atomic E-state index is -0.549. The minimum Gasteiger partial charge on any atom is -0.326 e. The van der Waals surface area contributed by atoms with Crippen LogP contribution in [0.15, 0.2) is 46.9 Å². The molecule has 0 radical (unpaired) electrons. The zero-order valence-corrected chi connectivity index (χ0v) is 14.1. The lowest BCUT2D eigenvalue weighted by Crippen LogP contribution is -2.13. The predicted octanol–water partition coefficient (Wildman–Crippen LogP) is 4.12. The highest BCUT2D eigenvalue weighted by atomic mass is 79.9. The largest absolute Gasteiger partial charge is 0.326 e. The molecular formula is C17H16BrFN2O2. The van der Waals surface area contributed by atoms with Crippen molar-refractivity contribution >= 4 is 39.1 Å². The third-order valence-electron chi connectivity index (χ3n) is 3.09. The number of anilines is 2. The smallest absolute Gasteiger partial charge is 0.224 e. The molecule has 0 saturated heterocycles. The molecule has 2 N–H and O–H groups in total. The van der Waals surface area contributed by atoms with Gasteiger partial charge in [0.05, 0.1) is 5.69 Å². The average molecular weight is 379 g/mol. The Morgan fingerprint density at radius 1 is 1.13 bits per heavy atom. The first kappa shape index (κ1) is 17.1. The predicted molar refractivity (Wildman–Crippen MR) is 91.8 cm³/mol. The lowest BCUT2D eigenvalue weighted by atomic mass is 10.1. The first-order valence-electron chi connectivity index (χ1n) is 7.05. The summed E-state index contributed by atoms with van der Waals surface area (Å²) in [5.74, 6) is -1.10. The number of benzene rings is 2. The standard InChI is InChI=1S/C17H16BrFN2O2/c1-11(22)20-16-10-14(6-7-15(16)19)21-17(23)8-5-12-3-2-4-13(18)9-12/h2-4,6-7,9-10H,5,8H2,1H3,(H,20,22)(H,21,23). The second-order valence-corrected chi connectivity index (χ2v) is 5.97. The van der Waals surface area contributed by atoms with Crippen molar-refractivity contribution in [3.05, 3.63) is 58.3 Å². The molecule has 4 nitrogen and oxygen atoms in total. The van der Waals surface area contributed by atoms with E-state index < -0.39 is 5.82 Å². The lowest BCUT2D eigenvalue weighted by Gasteiger charge is -2.09. The minimum absolute atomic E-state index is 0.0438. The SMILES string of the molecule is CC(=O)Nc1cc(NC(=O)CCc2cccc(Br)c2)ccc1F. The van der Waals surface area contributed by atoms with E-state index in [0.29, 0.717) is 18.5 Å². The van der Waals surface area contributed by atoms with Crippen LogP contribution in [0.5, 0.6) is 0 Å². The van der Waals surface area contributed by atoms with Gasteiger partial charge in [0.25, 0.3) is 0 Å². The zero-order chi connectivity index (χ0) is 16.8. The molecule has 23 heavy (non-hydrogen) atoms. The van der Waals surface area contributed by atoms with Gasteiger partial charge in [0, 0.05) is 23.5 Å². The fourth-order valence-electron chi connectivity index (χ4n) is 2.06. The maximum Gasteiger partial charge on any atom is 0.224 e. The average Bonchev–Trinajstić information content (AvgIpc) is 2.48. The molecule has 0 fully saturated rings. The highest BCUT2D eigenvalue weighted by molar-refractivity contribution is 9.10. The maximum absolute atomic E-state index is 13.5. The molecule has 2 aromatic carbocycles. The Labute approximate surface area is 142 Å². The van der Waals surface area contributed by atoms with Crippen molar-refractivity contribution in [3.63, 3.8) is 0 Å². The quantitative estimate of drug-likeness (QED) is 0.821. The number of carbonyl (C=O) groups is 2. The van der Waals surface area contributed by atoms with Crippen LogP contribution < -0.4 is 10.6 Å². The molecular weight excluding hydrogens is 363 g/mol. The molecule has 2 rings (SSSR count). The van der Waals surface area contributed by atoms with E-state index in [9.17, 15) is 14.0 Å². The van der Waals surface area contributed by atoms with Crippen LogP contribution in [0.25, 0.3) is 0 Å². The van der Waals surface area contributed by atoms with E-state index in [1.54, 1.807) is 0 Å². The summed E-state index contributed by atoms with van der Waals surface area (Å²) in [6, 6.07) is 11.8. The van der Waals surface area contributed by atoms with Gasteiger partial charge in [-0.05, 0) is 42.3 Å². The molecule has 0 aromatic heterocycles. The molecule has 0 aliphatic carbocycles. The van der Waals surface area contributed by atoms with Gasteiger partial charge in [0.2, 0.25) is 11.8 Å². The summed E-state index contributed by atoms with van der Waals surface area (Å²) in [5, 5.41) is 5.08. The van der Waals surface area contributed by atoms with E-state index in [-0.39, 0.29) is 17.5 Å². The van der Waals surface area contributed by atoms with Crippen LogP contribution in [0, 0.1) is 5.82 Å². The van der Waals surface area contributed by atoms with Crippen LogP contribution in [0.3, 0.4) is 0 Å². The molecule has 2 aromatic rings. The van der Waals surface area contributed by atoms with Crippen LogP contribution in [-0.4, -0.2) is 11.8 Å². The van der Waals surface area contributed by atoms with E-state index in [4.69, 9.17) is 0 Å². The molecule has 0 saturated carbocycles. The van der Waals surface area contributed by atoms with Gasteiger partial charge in [-0.2, -0.15) is 0 Å². The summed E-state index contributed by atoms with van der Waals surface area (Å²) in [5.41, 5.74) is 1.53. The summed E-state index contributed by atoms with van der Waals surface area (Å²) in [4.78, 5) is 23.0. The van der Waals surface area contributed by atoms with E-state index >= 15 is 0 Å². The van der Waals surface area contributed by atoms with E-state index in [1.165, 1.54) is 25.1 Å². The normalized spacial score (nSPS) is 10.2. The third-order valence-corrected chi connectivity index (χ3v) is 3.58. The van der Waals surface area contributed by atoms with Crippen molar-refractivity contribution in [3.8, 4) is 0 Å². The van der Waals surface area contributed by atoms with Gasteiger partial charge in [-0.15, -0.1) is 0 Å². The lowest BCUT2D eigenvalue weighted by molar-refractivity contribution is -0.116. The summed E-state index contributed by atoms with van der Waals surface area (Å²) in [6.07, 6.45) is 0.911. The number of aryl methyl sites for hydroxylation is 1. The molecule has 2 amide bonds. The zero-order valence-electron chi connectivity index (χ0n) is 12.5. The van der Waals surface area contributed by atoms with E-state index in [2.05, 4.69) is 26.6 Å². The summed E-state index contributed by atoms with van der Waals surface area (Å²) >= 11 is 3.39. The molecule has 0 bridgehead atoms. The number of hydrogen-bond acceptors (Lipinski definition) is 2. The van der Waals surface area contributed by atoms with Crippen LogP contribution in [0.2, 0.25) is 0 Å². The molecule has 6 heteroatoms. The Morgan fingerprint density at radius 3 is 2.61 bits per heavy atom. The van der Waals surface area contributed by atoms with Crippen molar-refractivity contribution in [1.82, 2.24) is 0 Å². The molecule has 0 atom stereocenters. The van der Waals surface area contributed by atoms with Crippen molar-refractivity contribution in [2.45, 2.75) is 19.8 Å². The van der Waals surface area contributed by atoms with Crippen LogP contribution >= 0.6 is 15.9 Å². The van der Waals surface area contributed by atoms with Crippen LogP contribution in [0.4, 0.5) is 15.8 Å². The first-order chi connectivity index (χ1) is 10.9. The number of rotatable bonds is 5. The highest BCUT2D eigenvalue weighted by Gasteiger charge is 2.08. The Morgan fingerprint density at radius 2 is 1.91 bits per heavy atom. The molecule has 0 heterocycles. The summed E-state index contributed by atoms with van der Waals surface area (Å²) < 4.78 is 14.5. The molecule has 120 valence electrons. The number of nitrogens with one attached hydrogen (secondary N) is 2. The Bertz CT molecular complexity index is 734. The van der Waals surface area contributed by atoms with Gasteiger partial charge < -0.3 is 10.6 Å². The maximum atomic E-state index is 13.5. The number of carbonyl (C=O) groups excluding carboxylic acids is 2. The first-order valence-corrected chi connectivity index (χ1v) is 7.85. The topological polar surface area (TPSA) is 58.2 Å². The van der Waals surface area contributed by atoms with Gasteiger partial charge in [-0.1, -0.05) is 28.1 Å². The molecule has 0 unspecified atom stereocenters. The fourth-order valence-corrected chi connectivity index (χ4v) is 2.51. The molecule has 0 aliphatic rings. The number of hydrogen-bond donors (Lipinski definition) is 2. The second kappa shape index (κ2) is 7.87. The van der Waals surface area contributed by atoms with E-state index in [1.807, 2.05) is 24.3 Å². The van der Waals surface area contributed by atoms with Crippen molar-refractivity contribution in [2.24, 2.45) is 0 Å². The van der Waals surface area contributed by atoms with Gasteiger partial charge >= 0.3 is 0 Å². The number of halogens is 2. The Balaban J connectivity index is 1.96. The van der Waals surface area contributed by atoms with E-state index in [0.717, 1.165) is 10.0 Å². The monoisotopic (exact) mass is 378 g/mol. The second-order valence-electron chi connectivity index (χ2n) is 5.05. The fraction of sp³-hybridized carbons (Fsp3) is 0.176. The summed E-state index contributed by atoms with van der Waals surface area (Å²) in [7, 11) is 0. The van der Waals surface area contributed by atoms with Gasteiger partial charge in [-0.3, -0.25) is 9.59 Å². The van der Waals surface area contributed by atoms with Gasteiger partial charge in [0.15, 0.2) is 0 Å². The summed E-state index contributed by atoms with van der Waals surface area (Å²) in [6.45, 7) is 1.29. The van der Waals surface area contributed by atoms with Crippen LogP contribution in [-0.2, 0) is 16.0 Å². The van der Waals surface area contributed by atoms with Crippen molar-refractivity contribution in [2.75, 3.05) is 10.6 Å². The Kier molecular flexibility index (Phi) is 5.87. The van der Waals surface area contributed by atoms with Crippen molar-refractivity contribution in [1.29, 1.82) is 0 Å². The molecule has 0 aliphatic heterocycles. The van der Waals surface area contributed by atoms with Crippen molar-refractivity contribution < 1.29 is 14.0 Å². The number of amides is 2. The van der Waals surface area contributed by atoms with Crippen LogP contribution in [0.1, 0.15) is 18.9 Å². The van der Waals surface area contributed by atoms with Gasteiger partial charge in [-0.25, -0.2) is 4.39 Å². The van der Waals surface area contributed by atoms with Gasteiger partial charge in [0.1, 0.15) is 5.82 Å².